The zero-order chi connectivity index (χ0) is 47.5. The Morgan fingerprint density at radius 1 is 0.522 bits per heavy atom. The number of hydrogen-bond acceptors (Lipinski definition) is 10. The molecule has 4 aromatic carbocycles. The van der Waals surface area contributed by atoms with Crippen LogP contribution in [0.3, 0.4) is 0 Å². The van der Waals surface area contributed by atoms with Crippen LogP contribution in [-0.4, -0.2) is 112 Å². The fourth-order valence-electron chi connectivity index (χ4n) is 11.7. The minimum absolute atomic E-state index is 0.260. The van der Waals surface area contributed by atoms with Gasteiger partial charge in [0.1, 0.15) is 12.2 Å². The molecule has 0 saturated heterocycles. The normalized spacial score (nSPS) is 26.4. The maximum atomic E-state index is 15.0. The Kier molecular flexibility index (Phi) is 15.5. The molecule has 356 valence electrons. The average molecular weight is 1040 g/mol. The number of benzene rings is 4. The minimum Gasteiger partial charge on any atom is -0.458 e. The molecule has 0 radical (unpaired) electrons. The lowest BCUT2D eigenvalue weighted by Gasteiger charge is -2.51. The van der Waals surface area contributed by atoms with E-state index in [4.69, 9.17) is 9.47 Å². The second kappa shape index (κ2) is 21.3. The van der Waals surface area contributed by atoms with Gasteiger partial charge >= 0.3 is 11.9 Å². The van der Waals surface area contributed by atoms with Crippen molar-refractivity contribution in [2.45, 2.75) is 63.6 Å². The molecule has 15 heteroatoms. The molecule has 6 aliphatic rings. The summed E-state index contributed by atoms with van der Waals surface area (Å²) in [7, 11) is 7.86. The van der Waals surface area contributed by atoms with Crippen LogP contribution in [-0.2, 0) is 28.7 Å². The molecule has 10 unspecified atom stereocenters. The monoisotopic (exact) mass is 1040 g/mol. The van der Waals surface area contributed by atoms with Crippen molar-refractivity contribution < 1.29 is 38.2 Å². The summed E-state index contributed by atoms with van der Waals surface area (Å²) in [4.78, 5) is 90.6. The lowest BCUT2D eigenvalue weighted by molar-refractivity contribution is -0.162. The molecule has 6 fully saturated rings. The first kappa shape index (κ1) is 48.7. The fourth-order valence-corrected chi connectivity index (χ4v) is 12.7. The molecule has 0 aromatic heterocycles. The van der Waals surface area contributed by atoms with E-state index < -0.39 is 71.5 Å². The summed E-state index contributed by atoms with van der Waals surface area (Å²) < 4.78 is 14.3. The standard InChI is InChI=1S/C52H61Br2N5O8/c1-58(2)25-9-23-55-47(60)43-29-19-21-37(41(27-29)66-51(64)35-15-5-13-33-31(35)11-7-17-39(33)53)45(43)49(62)57-50(63)46-38-22-20-30(44(46)48(61)56-24-10-26-59(3)4)28-42(38)67-52(65)36-16-6-14-34-32(36)12-8-18-40(34)54/h5-8,11-18,29-30,37-38,41-46H,9-10,19-28H2,1-4H3,(H,55,60)(H,56,61)(H,57,62,63). The highest BCUT2D eigenvalue weighted by Gasteiger charge is 2.58. The first-order valence-electron chi connectivity index (χ1n) is 23.7. The summed E-state index contributed by atoms with van der Waals surface area (Å²) in [6.07, 6.45) is 3.25. The van der Waals surface area contributed by atoms with Gasteiger partial charge in [-0.05, 0) is 150 Å². The van der Waals surface area contributed by atoms with E-state index >= 15 is 0 Å². The number of imide groups is 1. The average Bonchev–Trinajstić information content (AvgIpc) is 3.31. The van der Waals surface area contributed by atoms with Crippen molar-refractivity contribution in [3.63, 3.8) is 0 Å². The summed E-state index contributed by atoms with van der Waals surface area (Å²) in [6.45, 7) is 2.37. The van der Waals surface area contributed by atoms with Crippen LogP contribution in [0.15, 0.2) is 81.7 Å². The number of nitrogens with one attached hydrogen (secondary N) is 3. The molecule has 0 aliphatic heterocycles. The van der Waals surface area contributed by atoms with Crippen LogP contribution in [0.5, 0.6) is 0 Å². The van der Waals surface area contributed by atoms with Crippen LogP contribution in [0.1, 0.15) is 72.1 Å². The number of carbonyl (C=O) groups excluding carboxylic acids is 6. The van der Waals surface area contributed by atoms with Gasteiger partial charge in [0.25, 0.3) is 0 Å². The van der Waals surface area contributed by atoms with E-state index in [1.165, 1.54) is 0 Å². The van der Waals surface area contributed by atoms with Crippen molar-refractivity contribution in [2.24, 2.45) is 47.3 Å². The SMILES string of the molecule is CN(C)CCCNC(=O)C1C2CCC(C(OC(=O)c3cccc4c(Br)cccc34)C2)C1C(=O)NC(=O)C1C2CCC(CC2OC(=O)c2cccc3c(Br)cccc23)C1C(=O)NCCCN(C)C. The van der Waals surface area contributed by atoms with Gasteiger partial charge in [0, 0.05) is 33.9 Å². The van der Waals surface area contributed by atoms with Gasteiger partial charge in [-0.1, -0.05) is 80.4 Å². The van der Waals surface area contributed by atoms with Crippen molar-refractivity contribution in [3.8, 4) is 0 Å². The number of rotatable bonds is 16. The van der Waals surface area contributed by atoms with Gasteiger partial charge in [-0.3, -0.25) is 24.5 Å². The third-order valence-electron chi connectivity index (χ3n) is 14.8. The summed E-state index contributed by atoms with van der Waals surface area (Å²) in [5.74, 6) is -7.95. The Balaban J connectivity index is 1.06. The molecule has 67 heavy (non-hydrogen) atoms. The molecule has 13 nitrogen and oxygen atoms in total. The predicted octanol–water partition coefficient (Wildman–Crippen LogP) is 7.37. The van der Waals surface area contributed by atoms with E-state index in [0.29, 0.717) is 75.6 Å². The molecule has 6 aliphatic carbocycles. The molecule has 4 bridgehead atoms. The van der Waals surface area contributed by atoms with E-state index in [0.717, 1.165) is 43.6 Å². The molecular weight excluding hydrogens is 982 g/mol. The smallest absolute Gasteiger partial charge is 0.339 e. The van der Waals surface area contributed by atoms with Crippen molar-refractivity contribution in [1.29, 1.82) is 0 Å². The number of halogens is 2. The Labute approximate surface area is 409 Å². The third-order valence-corrected chi connectivity index (χ3v) is 16.2. The number of fused-ring (bicyclic) bond motifs is 8. The fraction of sp³-hybridized carbons (Fsp3) is 0.500. The van der Waals surface area contributed by atoms with Crippen LogP contribution in [0.25, 0.3) is 21.5 Å². The summed E-state index contributed by atoms with van der Waals surface area (Å²) in [6, 6.07) is 22.2. The second-order valence-electron chi connectivity index (χ2n) is 19.5. The zero-order valence-corrected chi connectivity index (χ0v) is 41.8. The van der Waals surface area contributed by atoms with Crippen LogP contribution < -0.4 is 16.0 Å². The quantitative estimate of drug-likeness (QED) is 0.0587. The van der Waals surface area contributed by atoms with Gasteiger partial charge < -0.3 is 29.9 Å². The van der Waals surface area contributed by atoms with E-state index in [-0.39, 0.29) is 23.7 Å². The molecule has 0 spiro atoms. The van der Waals surface area contributed by atoms with Gasteiger partial charge in [-0.15, -0.1) is 0 Å². The highest BCUT2D eigenvalue weighted by Crippen LogP contribution is 2.53. The molecule has 10 rings (SSSR count). The van der Waals surface area contributed by atoms with E-state index in [1.54, 1.807) is 24.3 Å². The number of amides is 4. The van der Waals surface area contributed by atoms with Gasteiger partial charge in [0.05, 0.1) is 34.8 Å². The summed E-state index contributed by atoms with van der Waals surface area (Å²) >= 11 is 7.18. The molecule has 10 atom stereocenters. The largest absolute Gasteiger partial charge is 0.458 e. The Bertz CT molecular complexity index is 2360. The van der Waals surface area contributed by atoms with Crippen LogP contribution >= 0.6 is 31.9 Å². The van der Waals surface area contributed by atoms with E-state index in [1.807, 2.05) is 86.5 Å². The van der Waals surface area contributed by atoms with E-state index in [9.17, 15) is 28.8 Å². The zero-order valence-electron chi connectivity index (χ0n) is 38.6. The van der Waals surface area contributed by atoms with Crippen molar-refractivity contribution in [3.05, 3.63) is 92.9 Å². The molecule has 3 N–H and O–H groups in total. The number of esters is 2. The third kappa shape index (κ3) is 10.5. The molecule has 4 amide bonds. The second-order valence-corrected chi connectivity index (χ2v) is 21.2. The van der Waals surface area contributed by atoms with Crippen LogP contribution in [0, 0.1) is 47.3 Å². The number of hydrogen-bond donors (Lipinski definition) is 3. The predicted molar refractivity (Wildman–Crippen MR) is 263 cm³/mol. The molecule has 6 saturated carbocycles. The van der Waals surface area contributed by atoms with Gasteiger partial charge in [-0.25, -0.2) is 9.59 Å². The Hall–Kier alpha value is -4.70. The van der Waals surface area contributed by atoms with Gasteiger partial charge in [0.2, 0.25) is 23.6 Å². The number of nitrogens with zero attached hydrogens (tertiary/aromatic N) is 2. The summed E-state index contributed by atoms with van der Waals surface area (Å²) in [5.41, 5.74) is 0.794. The van der Waals surface area contributed by atoms with Crippen LogP contribution in [0.4, 0.5) is 0 Å². The van der Waals surface area contributed by atoms with Crippen molar-refractivity contribution in [1.82, 2.24) is 25.8 Å². The molecule has 0 heterocycles. The number of carbonyl (C=O) groups is 6. The first-order chi connectivity index (χ1) is 32.2. The maximum absolute atomic E-state index is 15.0. The van der Waals surface area contributed by atoms with Gasteiger partial charge in [0.15, 0.2) is 0 Å². The lowest BCUT2D eigenvalue weighted by atomic mass is 9.56. The van der Waals surface area contributed by atoms with E-state index in [2.05, 4.69) is 47.8 Å². The molecular formula is C52H61Br2N5O8. The topological polar surface area (TPSA) is 163 Å². The maximum Gasteiger partial charge on any atom is 0.339 e. The summed E-state index contributed by atoms with van der Waals surface area (Å²) in [5, 5.41) is 12.1. The Morgan fingerprint density at radius 2 is 0.910 bits per heavy atom. The molecule has 4 aromatic rings. The number of ether oxygens (including phenoxy) is 2. The van der Waals surface area contributed by atoms with Gasteiger partial charge in [-0.2, -0.15) is 0 Å². The first-order valence-corrected chi connectivity index (χ1v) is 25.3. The highest BCUT2D eigenvalue weighted by atomic mass is 79.9. The van der Waals surface area contributed by atoms with Crippen molar-refractivity contribution >= 4 is 89.0 Å². The highest BCUT2D eigenvalue weighted by molar-refractivity contribution is 9.11. The van der Waals surface area contributed by atoms with Crippen LogP contribution in [0.2, 0.25) is 0 Å². The van der Waals surface area contributed by atoms with Crippen molar-refractivity contribution in [2.75, 3.05) is 54.4 Å². The minimum atomic E-state index is -0.983. The Morgan fingerprint density at radius 3 is 1.31 bits per heavy atom. The lowest BCUT2D eigenvalue weighted by Crippen LogP contribution is -2.61.